The van der Waals surface area contributed by atoms with Gasteiger partial charge in [-0.1, -0.05) is 0 Å². The summed E-state index contributed by atoms with van der Waals surface area (Å²) in [6.45, 7) is 5.95. The first-order valence-electron chi connectivity index (χ1n) is 6.72. The van der Waals surface area contributed by atoms with Crippen molar-refractivity contribution >= 4 is 11.9 Å². The molecule has 0 aromatic carbocycles. The molecular weight excluding hydrogens is 258 g/mol. The van der Waals surface area contributed by atoms with Gasteiger partial charge >= 0.3 is 5.97 Å². The molecule has 0 saturated heterocycles. The number of aromatic nitrogens is 2. The molecule has 1 aromatic rings. The van der Waals surface area contributed by atoms with E-state index in [1.807, 2.05) is 13.2 Å². The fourth-order valence-corrected chi connectivity index (χ4v) is 1.64. The molecule has 0 spiro atoms. The number of nitrogens with zero attached hydrogens (tertiary/aromatic N) is 2. The molecule has 1 heterocycles. The number of amides is 1. The third kappa shape index (κ3) is 6.92. The minimum atomic E-state index is -0.506. The molecule has 1 amide bonds. The quantitative estimate of drug-likeness (QED) is 0.795. The van der Waals surface area contributed by atoms with Crippen LogP contribution in [0.1, 0.15) is 39.2 Å². The summed E-state index contributed by atoms with van der Waals surface area (Å²) in [5, 5.41) is 6.83. The van der Waals surface area contributed by atoms with Crippen LogP contribution in [0.4, 0.5) is 0 Å². The van der Waals surface area contributed by atoms with Gasteiger partial charge in [0, 0.05) is 26.2 Å². The summed E-state index contributed by atoms with van der Waals surface area (Å²) in [7, 11) is 1.85. The van der Waals surface area contributed by atoms with Gasteiger partial charge < -0.3 is 10.1 Å². The minimum absolute atomic E-state index is 0.107. The average Bonchev–Trinajstić information content (AvgIpc) is 2.70. The van der Waals surface area contributed by atoms with Crippen molar-refractivity contribution in [2.75, 3.05) is 6.54 Å². The van der Waals surface area contributed by atoms with Crippen LogP contribution in [0, 0.1) is 0 Å². The summed E-state index contributed by atoms with van der Waals surface area (Å²) in [6.07, 6.45) is 4.67. The normalized spacial score (nSPS) is 11.2. The molecule has 0 unspecified atom stereocenters. The first-order valence-corrected chi connectivity index (χ1v) is 6.72. The molecule has 0 aliphatic rings. The molecule has 0 atom stereocenters. The molecule has 0 bridgehead atoms. The van der Waals surface area contributed by atoms with Gasteiger partial charge in [0.1, 0.15) is 5.60 Å². The fraction of sp³-hybridized carbons (Fsp3) is 0.643. The Hall–Kier alpha value is -1.85. The zero-order valence-electron chi connectivity index (χ0n) is 12.6. The molecule has 0 saturated carbocycles. The maximum atomic E-state index is 11.6. The summed E-state index contributed by atoms with van der Waals surface area (Å²) >= 11 is 0. The Morgan fingerprint density at radius 1 is 1.35 bits per heavy atom. The lowest BCUT2D eigenvalue weighted by Gasteiger charge is -2.19. The number of hydrogen-bond acceptors (Lipinski definition) is 4. The van der Waals surface area contributed by atoms with Gasteiger partial charge in [-0.25, -0.2) is 0 Å². The molecule has 6 heteroatoms. The van der Waals surface area contributed by atoms with E-state index in [9.17, 15) is 9.59 Å². The van der Waals surface area contributed by atoms with Crippen LogP contribution in [-0.2, 0) is 27.8 Å². The van der Waals surface area contributed by atoms with E-state index in [2.05, 4.69) is 10.4 Å². The third-order valence-corrected chi connectivity index (χ3v) is 2.47. The van der Waals surface area contributed by atoms with Crippen LogP contribution in [0.15, 0.2) is 12.4 Å². The molecule has 6 nitrogen and oxygen atoms in total. The summed E-state index contributed by atoms with van der Waals surface area (Å²) in [5.41, 5.74) is 0.563. The van der Waals surface area contributed by atoms with Crippen LogP contribution in [0.3, 0.4) is 0 Å². The van der Waals surface area contributed by atoms with E-state index in [0.717, 1.165) is 12.0 Å². The number of aryl methyl sites for hydroxylation is 1. The van der Waals surface area contributed by atoms with E-state index in [1.165, 1.54) is 0 Å². The van der Waals surface area contributed by atoms with Crippen LogP contribution < -0.4 is 5.32 Å². The van der Waals surface area contributed by atoms with Gasteiger partial charge in [-0.15, -0.1) is 0 Å². The SMILES string of the molecule is Cn1cc(CCNC(=O)CCC(=O)OC(C)(C)C)cn1. The second kappa shape index (κ2) is 7.07. The maximum Gasteiger partial charge on any atom is 0.306 e. The van der Waals surface area contributed by atoms with Crippen molar-refractivity contribution in [1.82, 2.24) is 15.1 Å². The van der Waals surface area contributed by atoms with Gasteiger partial charge in [-0.2, -0.15) is 5.10 Å². The molecular formula is C14H23N3O3. The Kier molecular flexibility index (Phi) is 5.73. The molecule has 1 N–H and O–H groups in total. The molecule has 1 rings (SSSR count). The van der Waals surface area contributed by atoms with Gasteiger partial charge in [-0.05, 0) is 32.8 Å². The van der Waals surface area contributed by atoms with Crippen LogP contribution in [-0.4, -0.2) is 33.8 Å². The smallest absolute Gasteiger partial charge is 0.306 e. The van der Waals surface area contributed by atoms with E-state index in [-0.39, 0.29) is 24.7 Å². The van der Waals surface area contributed by atoms with Gasteiger partial charge in [0.15, 0.2) is 0 Å². The molecule has 0 aliphatic heterocycles. The van der Waals surface area contributed by atoms with Crippen LogP contribution in [0.25, 0.3) is 0 Å². The van der Waals surface area contributed by atoms with E-state index in [4.69, 9.17) is 4.74 Å². The molecule has 0 aliphatic carbocycles. The van der Waals surface area contributed by atoms with Crippen molar-refractivity contribution in [1.29, 1.82) is 0 Å². The van der Waals surface area contributed by atoms with Crippen molar-refractivity contribution in [3.05, 3.63) is 18.0 Å². The summed E-state index contributed by atoms with van der Waals surface area (Å²) < 4.78 is 6.86. The number of hydrogen-bond donors (Lipinski definition) is 1. The van der Waals surface area contributed by atoms with Crippen molar-refractivity contribution in [3.8, 4) is 0 Å². The van der Waals surface area contributed by atoms with Gasteiger partial charge in [0.2, 0.25) is 5.91 Å². The maximum absolute atomic E-state index is 11.6. The number of rotatable bonds is 6. The van der Waals surface area contributed by atoms with Crippen LogP contribution in [0.2, 0.25) is 0 Å². The lowest BCUT2D eigenvalue weighted by atomic mass is 10.2. The first kappa shape index (κ1) is 16.2. The van der Waals surface area contributed by atoms with E-state index in [1.54, 1.807) is 31.6 Å². The monoisotopic (exact) mass is 281 g/mol. The van der Waals surface area contributed by atoms with E-state index >= 15 is 0 Å². The molecule has 112 valence electrons. The molecule has 1 aromatic heterocycles. The Morgan fingerprint density at radius 3 is 2.60 bits per heavy atom. The molecule has 20 heavy (non-hydrogen) atoms. The van der Waals surface area contributed by atoms with Crippen LogP contribution in [0.5, 0.6) is 0 Å². The van der Waals surface area contributed by atoms with E-state index in [0.29, 0.717) is 6.54 Å². The predicted molar refractivity (Wildman–Crippen MR) is 75.0 cm³/mol. The van der Waals surface area contributed by atoms with Crippen molar-refractivity contribution < 1.29 is 14.3 Å². The van der Waals surface area contributed by atoms with Crippen LogP contribution >= 0.6 is 0 Å². The second-order valence-electron chi connectivity index (χ2n) is 5.71. The highest BCUT2D eigenvalue weighted by Gasteiger charge is 2.16. The molecule has 0 radical (unpaired) electrons. The Labute approximate surface area is 119 Å². The highest BCUT2D eigenvalue weighted by molar-refractivity contribution is 5.81. The number of carbonyl (C=O) groups is 2. The second-order valence-corrected chi connectivity index (χ2v) is 5.71. The van der Waals surface area contributed by atoms with Gasteiger partial charge in [0.25, 0.3) is 0 Å². The topological polar surface area (TPSA) is 73.2 Å². The fourth-order valence-electron chi connectivity index (χ4n) is 1.64. The Bertz CT molecular complexity index is 460. The predicted octanol–water partition coefficient (Wildman–Crippen LogP) is 1.20. The number of nitrogens with one attached hydrogen (secondary N) is 1. The zero-order valence-corrected chi connectivity index (χ0v) is 12.6. The average molecular weight is 281 g/mol. The summed E-state index contributed by atoms with van der Waals surface area (Å²) in [4.78, 5) is 23.0. The van der Waals surface area contributed by atoms with Gasteiger partial charge in [-0.3, -0.25) is 14.3 Å². The van der Waals surface area contributed by atoms with Crippen molar-refractivity contribution in [2.24, 2.45) is 7.05 Å². The third-order valence-electron chi connectivity index (χ3n) is 2.47. The summed E-state index contributed by atoms with van der Waals surface area (Å²) in [5.74, 6) is -0.486. The number of ether oxygens (including phenoxy) is 1. The summed E-state index contributed by atoms with van der Waals surface area (Å²) in [6, 6.07) is 0. The Morgan fingerprint density at radius 2 is 2.05 bits per heavy atom. The largest absolute Gasteiger partial charge is 0.460 e. The van der Waals surface area contributed by atoms with Gasteiger partial charge in [0.05, 0.1) is 12.6 Å². The lowest BCUT2D eigenvalue weighted by Crippen LogP contribution is -2.28. The standard InChI is InChI=1S/C14H23N3O3/c1-14(2,3)20-13(19)6-5-12(18)15-8-7-11-9-16-17(4)10-11/h9-10H,5-8H2,1-4H3,(H,15,18). The zero-order chi connectivity index (χ0) is 15.2. The highest BCUT2D eigenvalue weighted by atomic mass is 16.6. The first-order chi connectivity index (χ1) is 9.26. The van der Waals surface area contributed by atoms with Crippen molar-refractivity contribution in [2.45, 2.75) is 45.6 Å². The number of esters is 1. The Balaban J connectivity index is 2.16. The highest BCUT2D eigenvalue weighted by Crippen LogP contribution is 2.09. The molecule has 0 fully saturated rings. The van der Waals surface area contributed by atoms with E-state index < -0.39 is 5.60 Å². The number of carbonyl (C=O) groups excluding carboxylic acids is 2. The lowest BCUT2D eigenvalue weighted by molar-refractivity contribution is -0.155. The minimum Gasteiger partial charge on any atom is -0.460 e. The van der Waals surface area contributed by atoms with Crippen molar-refractivity contribution in [3.63, 3.8) is 0 Å².